The molecule has 5 nitrogen and oxygen atoms in total. The quantitative estimate of drug-likeness (QED) is 0.890. The molecule has 0 radical (unpaired) electrons. The lowest BCUT2D eigenvalue weighted by Gasteiger charge is -2.16. The van der Waals surface area contributed by atoms with E-state index in [-0.39, 0.29) is 6.03 Å². The molecule has 1 aliphatic rings. The normalized spacial score (nSPS) is 18.9. The van der Waals surface area contributed by atoms with Gasteiger partial charge in [0.2, 0.25) is 0 Å². The van der Waals surface area contributed by atoms with Crippen LogP contribution in [0.3, 0.4) is 0 Å². The van der Waals surface area contributed by atoms with E-state index in [1.165, 1.54) is 0 Å². The van der Waals surface area contributed by atoms with Crippen molar-refractivity contribution in [2.45, 2.75) is 13.0 Å². The zero-order valence-electron chi connectivity index (χ0n) is 9.56. The van der Waals surface area contributed by atoms with E-state index in [0.29, 0.717) is 26.1 Å². The molecule has 0 aliphatic carbocycles. The zero-order chi connectivity index (χ0) is 13.1. The van der Waals surface area contributed by atoms with Gasteiger partial charge in [-0.3, -0.25) is 4.79 Å². The molecular weight excluding hydrogens is 320 g/mol. The van der Waals surface area contributed by atoms with Gasteiger partial charge in [0.25, 0.3) is 0 Å². The topological polar surface area (TPSA) is 69.6 Å². The number of likely N-dealkylation sites (tertiary alicyclic amines) is 1. The number of thiophene rings is 1. The highest BCUT2D eigenvalue weighted by Crippen LogP contribution is 2.23. The van der Waals surface area contributed by atoms with Crippen molar-refractivity contribution < 1.29 is 14.7 Å². The minimum atomic E-state index is -0.828. The van der Waals surface area contributed by atoms with E-state index in [9.17, 15) is 9.59 Å². The molecule has 2 heterocycles. The second kappa shape index (κ2) is 5.71. The number of nitrogens with one attached hydrogen (secondary N) is 1. The lowest BCUT2D eigenvalue weighted by atomic mass is 10.1. The average Bonchev–Trinajstić information content (AvgIpc) is 2.94. The summed E-state index contributed by atoms with van der Waals surface area (Å²) in [5.41, 5.74) is 1.03. The highest BCUT2D eigenvalue weighted by Gasteiger charge is 2.30. The number of carbonyl (C=O) groups excluding carboxylic acids is 1. The summed E-state index contributed by atoms with van der Waals surface area (Å²) in [6, 6.07) is 1.75. The van der Waals surface area contributed by atoms with E-state index >= 15 is 0 Å². The summed E-state index contributed by atoms with van der Waals surface area (Å²) in [6.45, 7) is 1.26. The first kappa shape index (κ1) is 13.4. The maximum atomic E-state index is 11.8. The van der Waals surface area contributed by atoms with E-state index in [1.54, 1.807) is 16.2 Å². The molecule has 1 unspecified atom stereocenters. The number of halogens is 1. The number of aliphatic carboxylic acids is 1. The van der Waals surface area contributed by atoms with Gasteiger partial charge in [0.15, 0.2) is 0 Å². The number of hydrogen-bond donors (Lipinski definition) is 2. The largest absolute Gasteiger partial charge is 0.481 e. The molecule has 1 aromatic heterocycles. The Hall–Kier alpha value is -1.08. The standard InChI is InChI=1S/C11H13BrN2O3S/c12-9-7(2-4-18-9)5-13-11(17)14-3-1-8(6-14)10(15)16/h2,4,8H,1,3,5-6H2,(H,13,17)(H,15,16). The lowest BCUT2D eigenvalue weighted by molar-refractivity contribution is -0.141. The highest BCUT2D eigenvalue weighted by atomic mass is 79.9. The highest BCUT2D eigenvalue weighted by molar-refractivity contribution is 9.11. The fourth-order valence-corrected chi connectivity index (χ4v) is 3.11. The van der Waals surface area contributed by atoms with E-state index in [4.69, 9.17) is 5.11 Å². The van der Waals surface area contributed by atoms with Gasteiger partial charge in [-0.25, -0.2) is 4.79 Å². The summed E-state index contributed by atoms with van der Waals surface area (Å²) in [4.78, 5) is 24.2. The number of carbonyl (C=O) groups is 2. The van der Waals surface area contributed by atoms with Crippen LogP contribution in [0.2, 0.25) is 0 Å². The Kier molecular flexibility index (Phi) is 4.23. The van der Waals surface area contributed by atoms with E-state index < -0.39 is 11.9 Å². The van der Waals surface area contributed by atoms with Crippen LogP contribution in [-0.2, 0) is 11.3 Å². The van der Waals surface area contributed by atoms with Crippen LogP contribution in [-0.4, -0.2) is 35.1 Å². The maximum absolute atomic E-state index is 11.8. The number of rotatable bonds is 3. The van der Waals surface area contributed by atoms with Crippen LogP contribution in [0, 0.1) is 5.92 Å². The predicted octanol–water partition coefficient (Wildman–Crippen LogP) is 2.13. The van der Waals surface area contributed by atoms with Crippen molar-refractivity contribution in [2.24, 2.45) is 5.92 Å². The molecule has 0 bridgehead atoms. The van der Waals surface area contributed by atoms with E-state index in [2.05, 4.69) is 21.2 Å². The van der Waals surface area contributed by atoms with Crippen molar-refractivity contribution in [1.82, 2.24) is 10.2 Å². The summed E-state index contributed by atoms with van der Waals surface area (Å²) >= 11 is 4.97. The second-order valence-electron chi connectivity index (χ2n) is 4.15. The molecule has 1 aromatic rings. The third kappa shape index (κ3) is 3.02. The molecule has 18 heavy (non-hydrogen) atoms. The fourth-order valence-electron chi connectivity index (χ4n) is 1.87. The SMILES string of the molecule is O=C(O)C1CCN(C(=O)NCc2ccsc2Br)C1. The molecule has 1 atom stereocenters. The minimum Gasteiger partial charge on any atom is -0.481 e. The molecule has 2 N–H and O–H groups in total. The van der Waals surface area contributed by atoms with Gasteiger partial charge in [-0.2, -0.15) is 0 Å². The van der Waals surface area contributed by atoms with Crippen LogP contribution in [0.5, 0.6) is 0 Å². The molecule has 7 heteroatoms. The molecular formula is C11H13BrN2O3S. The molecule has 2 amide bonds. The second-order valence-corrected chi connectivity index (χ2v) is 6.38. The molecule has 0 aromatic carbocycles. The number of hydrogen-bond acceptors (Lipinski definition) is 3. The van der Waals surface area contributed by atoms with Crippen molar-refractivity contribution in [3.63, 3.8) is 0 Å². The number of carboxylic acids is 1. The van der Waals surface area contributed by atoms with Crippen LogP contribution in [0.1, 0.15) is 12.0 Å². The van der Waals surface area contributed by atoms with E-state index in [1.807, 2.05) is 11.4 Å². The van der Waals surface area contributed by atoms with Gasteiger partial charge < -0.3 is 15.3 Å². The van der Waals surface area contributed by atoms with Gasteiger partial charge in [-0.15, -0.1) is 11.3 Å². The van der Waals surface area contributed by atoms with Gasteiger partial charge in [0.05, 0.1) is 9.70 Å². The van der Waals surface area contributed by atoms with Crippen molar-refractivity contribution in [2.75, 3.05) is 13.1 Å². The van der Waals surface area contributed by atoms with Crippen molar-refractivity contribution in [3.05, 3.63) is 20.8 Å². The van der Waals surface area contributed by atoms with E-state index in [0.717, 1.165) is 9.35 Å². The summed E-state index contributed by atoms with van der Waals surface area (Å²) in [5, 5.41) is 13.6. The molecule has 2 rings (SSSR count). The van der Waals surface area contributed by atoms with Crippen LogP contribution in [0.25, 0.3) is 0 Å². The monoisotopic (exact) mass is 332 g/mol. The molecule has 1 saturated heterocycles. The molecule has 1 fully saturated rings. The van der Waals surface area contributed by atoms with Crippen molar-refractivity contribution in [3.8, 4) is 0 Å². The van der Waals surface area contributed by atoms with Crippen LogP contribution in [0.4, 0.5) is 4.79 Å². The average molecular weight is 333 g/mol. The number of amides is 2. The fraction of sp³-hybridized carbons (Fsp3) is 0.455. The Morgan fingerprint density at radius 2 is 2.39 bits per heavy atom. The van der Waals surface area contributed by atoms with Gasteiger partial charge in [0, 0.05) is 19.6 Å². The maximum Gasteiger partial charge on any atom is 0.317 e. The lowest BCUT2D eigenvalue weighted by Crippen LogP contribution is -2.38. The predicted molar refractivity (Wildman–Crippen MR) is 71.6 cm³/mol. The Bertz CT molecular complexity index is 463. The first-order valence-corrected chi connectivity index (χ1v) is 7.22. The summed E-state index contributed by atoms with van der Waals surface area (Å²) < 4.78 is 1.01. The third-order valence-corrected chi connectivity index (χ3v) is 4.76. The number of urea groups is 1. The summed E-state index contributed by atoms with van der Waals surface area (Å²) in [7, 11) is 0. The Balaban J connectivity index is 1.83. The molecule has 98 valence electrons. The Labute approximate surface area is 117 Å². The summed E-state index contributed by atoms with van der Waals surface area (Å²) in [6.07, 6.45) is 0.533. The van der Waals surface area contributed by atoms with Crippen LogP contribution in [0.15, 0.2) is 15.2 Å². The number of nitrogens with zero attached hydrogens (tertiary/aromatic N) is 1. The number of carboxylic acid groups (broad SMARTS) is 1. The van der Waals surface area contributed by atoms with Crippen molar-refractivity contribution in [1.29, 1.82) is 0 Å². The molecule has 0 saturated carbocycles. The minimum absolute atomic E-state index is 0.197. The first-order valence-electron chi connectivity index (χ1n) is 5.55. The van der Waals surface area contributed by atoms with Crippen LogP contribution >= 0.6 is 27.3 Å². The summed E-state index contributed by atoms with van der Waals surface area (Å²) in [5.74, 6) is -1.26. The van der Waals surface area contributed by atoms with Gasteiger partial charge in [-0.05, 0) is 39.4 Å². The zero-order valence-corrected chi connectivity index (χ0v) is 12.0. The van der Waals surface area contributed by atoms with Crippen molar-refractivity contribution >= 4 is 39.3 Å². The molecule has 1 aliphatic heterocycles. The van der Waals surface area contributed by atoms with Gasteiger partial charge in [-0.1, -0.05) is 0 Å². The van der Waals surface area contributed by atoms with Gasteiger partial charge >= 0.3 is 12.0 Å². The first-order chi connectivity index (χ1) is 8.58. The Morgan fingerprint density at radius 1 is 1.61 bits per heavy atom. The van der Waals surface area contributed by atoms with Gasteiger partial charge in [0.1, 0.15) is 0 Å². The smallest absolute Gasteiger partial charge is 0.317 e. The van der Waals surface area contributed by atoms with Crippen LogP contribution < -0.4 is 5.32 Å². The Morgan fingerprint density at radius 3 is 2.94 bits per heavy atom. The third-order valence-electron chi connectivity index (χ3n) is 2.95. The molecule has 0 spiro atoms.